The van der Waals surface area contributed by atoms with Gasteiger partial charge >= 0.3 is 0 Å². The van der Waals surface area contributed by atoms with Crippen molar-refractivity contribution in [3.05, 3.63) is 70.3 Å². The number of amides is 1. The Morgan fingerprint density at radius 3 is 2.17 bits per heavy atom. The van der Waals surface area contributed by atoms with Crippen molar-refractivity contribution in [1.82, 2.24) is 4.90 Å². The number of anilines is 1. The molecule has 0 aliphatic carbocycles. The van der Waals surface area contributed by atoms with Gasteiger partial charge in [-0.15, -0.1) is 0 Å². The monoisotopic (exact) mass is 412 g/mol. The SMILES string of the molecule is CC(C)CN1C(=O)C(=O)C(=C(O)c2ccc(Cl)cc2)[C@@H]1c1ccc(N(C)C)cc1. The number of aliphatic hydroxyl groups excluding tert-OH is 1. The van der Waals surface area contributed by atoms with Gasteiger partial charge in [0.05, 0.1) is 11.6 Å². The molecule has 1 aliphatic rings. The summed E-state index contributed by atoms with van der Waals surface area (Å²) in [7, 11) is 3.89. The van der Waals surface area contributed by atoms with Gasteiger partial charge < -0.3 is 14.9 Å². The lowest BCUT2D eigenvalue weighted by molar-refractivity contribution is -0.140. The summed E-state index contributed by atoms with van der Waals surface area (Å²) in [5, 5.41) is 11.5. The first-order valence-electron chi connectivity index (χ1n) is 9.52. The highest BCUT2D eigenvalue weighted by Crippen LogP contribution is 2.40. The van der Waals surface area contributed by atoms with Crippen LogP contribution in [0.5, 0.6) is 0 Å². The maximum absolute atomic E-state index is 12.9. The second-order valence-corrected chi connectivity index (χ2v) is 8.27. The third-order valence-corrected chi connectivity index (χ3v) is 5.20. The van der Waals surface area contributed by atoms with Crippen LogP contribution in [0.4, 0.5) is 5.69 Å². The molecule has 1 amide bonds. The van der Waals surface area contributed by atoms with Crippen molar-refractivity contribution in [1.29, 1.82) is 0 Å². The molecular formula is C23H25ClN2O3. The second kappa shape index (κ2) is 8.29. The number of benzene rings is 2. The molecule has 152 valence electrons. The molecule has 0 unspecified atom stereocenters. The Bertz CT molecular complexity index is 947. The van der Waals surface area contributed by atoms with Gasteiger partial charge in [0, 0.05) is 36.9 Å². The standard InChI is InChI=1S/C23H25ClN2O3/c1-14(2)13-26-20(15-7-11-18(12-8-15)25(3)4)19(22(28)23(26)29)21(27)16-5-9-17(24)10-6-16/h5-12,14,20,27H,13H2,1-4H3/t20-/m0/s1. The Labute approximate surface area is 176 Å². The van der Waals surface area contributed by atoms with E-state index in [1.165, 1.54) is 0 Å². The van der Waals surface area contributed by atoms with Crippen molar-refractivity contribution >= 4 is 34.7 Å². The van der Waals surface area contributed by atoms with Crippen LogP contribution >= 0.6 is 11.6 Å². The fraction of sp³-hybridized carbons (Fsp3) is 0.304. The lowest BCUT2D eigenvalue weighted by atomic mass is 9.95. The molecule has 1 aliphatic heterocycles. The minimum Gasteiger partial charge on any atom is -0.507 e. The summed E-state index contributed by atoms with van der Waals surface area (Å²) < 4.78 is 0. The van der Waals surface area contributed by atoms with Crippen LogP contribution in [0.25, 0.3) is 5.76 Å². The summed E-state index contributed by atoms with van der Waals surface area (Å²) in [5.41, 5.74) is 2.35. The maximum atomic E-state index is 12.9. The normalized spacial score (nSPS) is 18.6. The first kappa shape index (κ1) is 20.9. The fourth-order valence-corrected chi connectivity index (χ4v) is 3.65. The molecule has 0 bridgehead atoms. The summed E-state index contributed by atoms with van der Waals surface area (Å²) >= 11 is 5.94. The van der Waals surface area contributed by atoms with Gasteiger partial charge in [-0.2, -0.15) is 0 Å². The first-order chi connectivity index (χ1) is 13.7. The van der Waals surface area contributed by atoms with Crippen LogP contribution in [0.15, 0.2) is 54.1 Å². The van der Waals surface area contributed by atoms with E-state index in [-0.39, 0.29) is 17.3 Å². The number of likely N-dealkylation sites (tertiary alicyclic amines) is 1. The van der Waals surface area contributed by atoms with Gasteiger partial charge in [0.1, 0.15) is 5.76 Å². The predicted octanol–water partition coefficient (Wildman–Crippen LogP) is 4.48. The summed E-state index contributed by atoms with van der Waals surface area (Å²) in [6.07, 6.45) is 0. The smallest absolute Gasteiger partial charge is 0.295 e. The van der Waals surface area contributed by atoms with Crippen LogP contribution in [0.2, 0.25) is 5.02 Å². The van der Waals surface area contributed by atoms with Crippen molar-refractivity contribution in [3.63, 3.8) is 0 Å². The molecule has 1 fully saturated rings. The first-order valence-corrected chi connectivity index (χ1v) is 9.90. The number of nitrogens with zero attached hydrogens (tertiary/aromatic N) is 2. The molecule has 2 aromatic carbocycles. The number of rotatable bonds is 5. The molecular weight excluding hydrogens is 388 g/mol. The molecule has 3 rings (SSSR count). The van der Waals surface area contributed by atoms with Crippen LogP contribution in [0, 0.1) is 5.92 Å². The zero-order chi connectivity index (χ0) is 21.3. The lowest BCUT2D eigenvalue weighted by Crippen LogP contribution is -2.33. The summed E-state index contributed by atoms with van der Waals surface area (Å²) in [6, 6.07) is 13.6. The van der Waals surface area contributed by atoms with E-state index in [1.54, 1.807) is 29.2 Å². The van der Waals surface area contributed by atoms with E-state index in [2.05, 4.69) is 0 Å². The average Bonchev–Trinajstić information content (AvgIpc) is 2.92. The Hall–Kier alpha value is -2.79. The Morgan fingerprint density at radius 1 is 1.07 bits per heavy atom. The van der Waals surface area contributed by atoms with Gasteiger partial charge in [-0.25, -0.2) is 0 Å². The van der Waals surface area contributed by atoms with E-state index in [0.29, 0.717) is 17.1 Å². The van der Waals surface area contributed by atoms with Gasteiger partial charge in [-0.3, -0.25) is 9.59 Å². The maximum Gasteiger partial charge on any atom is 0.295 e. The van der Waals surface area contributed by atoms with Crippen molar-refractivity contribution < 1.29 is 14.7 Å². The van der Waals surface area contributed by atoms with Gasteiger partial charge in [0.2, 0.25) is 0 Å². The topological polar surface area (TPSA) is 60.9 Å². The molecule has 0 radical (unpaired) electrons. The molecule has 1 saturated heterocycles. The molecule has 1 N–H and O–H groups in total. The largest absolute Gasteiger partial charge is 0.507 e. The van der Waals surface area contributed by atoms with E-state index >= 15 is 0 Å². The molecule has 0 aromatic heterocycles. The highest BCUT2D eigenvalue weighted by atomic mass is 35.5. The van der Waals surface area contributed by atoms with E-state index < -0.39 is 17.7 Å². The minimum absolute atomic E-state index is 0.107. The molecule has 0 saturated carbocycles. The second-order valence-electron chi connectivity index (χ2n) is 7.84. The van der Waals surface area contributed by atoms with Gasteiger partial charge in [0.15, 0.2) is 0 Å². The number of Topliss-reactive ketones (excluding diaryl/α,β-unsaturated/α-hetero) is 1. The third kappa shape index (κ3) is 4.15. The lowest BCUT2D eigenvalue weighted by Gasteiger charge is -2.27. The van der Waals surface area contributed by atoms with E-state index in [1.807, 2.05) is 57.1 Å². The van der Waals surface area contributed by atoms with Crippen LogP contribution in [-0.2, 0) is 9.59 Å². The van der Waals surface area contributed by atoms with Crippen LogP contribution in [0.1, 0.15) is 31.0 Å². The molecule has 2 aromatic rings. The molecule has 5 nitrogen and oxygen atoms in total. The number of carbonyl (C=O) groups excluding carboxylic acids is 2. The zero-order valence-corrected chi connectivity index (χ0v) is 17.8. The zero-order valence-electron chi connectivity index (χ0n) is 17.0. The fourth-order valence-electron chi connectivity index (χ4n) is 3.53. The van der Waals surface area contributed by atoms with Gasteiger partial charge in [0.25, 0.3) is 11.7 Å². The highest BCUT2D eigenvalue weighted by molar-refractivity contribution is 6.46. The number of halogens is 1. The Balaban J connectivity index is 2.15. The number of hydrogen-bond acceptors (Lipinski definition) is 4. The number of carbonyl (C=O) groups is 2. The Kier molecular flexibility index (Phi) is 5.99. The van der Waals surface area contributed by atoms with Crippen LogP contribution in [0.3, 0.4) is 0 Å². The molecule has 1 heterocycles. The summed E-state index contributed by atoms with van der Waals surface area (Å²) in [6.45, 7) is 4.40. The molecule has 1 atom stereocenters. The van der Waals surface area contributed by atoms with E-state index in [0.717, 1.165) is 11.3 Å². The quantitative estimate of drug-likeness (QED) is 0.446. The molecule has 6 heteroatoms. The highest BCUT2D eigenvalue weighted by Gasteiger charge is 2.46. The number of aliphatic hydroxyl groups is 1. The molecule has 0 spiro atoms. The van der Waals surface area contributed by atoms with E-state index in [9.17, 15) is 14.7 Å². The molecule has 29 heavy (non-hydrogen) atoms. The van der Waals surface area contributed by atoms with Gasteiger partial charge in [-0.1, -0.05) is 37.6 Å². The van der Waals surface area contributed by atoms with Crippen molar-refractivity contribution in [2.24, 2.45) is 5.92 Å². The number of hydrogen-bond donors (Lipinski definition) is 1. The van der Waals surface area contributed by atoms with Crippen molar-refractivity contribution in [2.75, 3.05) is 25.5 Å². The number of ketones is 1. The third-order valence-electron chi connectivity index (χ3n) is 4.94. The summed E-state index contributed by atoms with van der Waals surface area (Å²) in [4.78, 5) is 29.2. The van der Waals surface area contributed by atoms with Crippen LogP contribution in [-0.4, -0.2) is 42.3 Å². The van der Waals surface area contributed by atoms with Crippen LogP contribution < -0.4 is 4.90 Å². The summed E-state index contributed by atoms with van der Waals surface area (Å²) in [5.74, 6) is -1.27. The van der Waals surface area contributed by atoms with Crippen molar-refractivity contribution in [3.8, 4) is 0 Å². The Morgan fingerprint density at radius 2 is 1.66 bits per heavy atom. The van der Waals surface area contributed by atoms with Gasteiger partial charge in [-0.05, 0) is 47.9 Å². The van der Waals surface area contributed by atoms with Crippen molar-refractivity contribution in [2.45, 2.75) is 19.9 Å². The van der Waals surface area contributed by atoms with E-state index in [4.69, 9.17) is 11.6 Å². The minimum atomic E-state index is -0.667. The predicted molar refractivity (Wildman–Crippen MR) is 116 cm³/mol. The average molecular weight is 413 g/mol.